The lowest BCUT2D eigenvalue weighted by Crippen LogP contribution is -2.58. The summed E-state index contributed by atoms with van der Waals surface area (Å²) in [6.07, 6.45) is 0.392. The molecule has 0 aromatic heterocycles. The summed E-state index contributed by atoms with van der Waals surface area (Å²) in [7, 11) is 0. The molecule has 3 aromatic carbocycles. The number of aliphatic carboxylic acids is 1. The Hall–Kier alpha value is -3.12. The van der Waals surface area contributed by atoms with Crippen LogP contribution in [0.3, 0.4) is 0 Å². The van der Waals surface area contributed by atoms with Crippen LogP contribution in [0, 0.1) is 0 Å². The Labute approximate surface area is 194 Å². The van der Waals surface area contributed by atoms with Gasteiger partial charge in [0, 0.05) is 16.8 Å². The summed E-state index contributed by atoms with van der Waals surface area (Å²) in [4.78, 5) is 25.0. The van der Waals surface area contributed by atoms with Crippen molar-refractivity contribution in [1.29, 1.82) is 0 Å². The highest BCUT2D eigenvalue weighted by atomic mass is 79.9. The molecular formula is C26H22BrNO4. The molecule has 32 heavy (non-hydrogen) atoms. The number of hydrogen-bond acceptors (Lipinski definition) is 3. The zero-order valence-corrected chi connectivity index (χ0v) is 18.9. The third kappa shape index (κ3) is 3.48. The molecule has 3 aromatic rings. The fourth-order valence-corrected chi connectivity index (χ4v) is 5.58. The van der Waals surface area contributed by atoms with Crippen molar-refractivity contribution in [2.45, 2.75) is 30.7 Å². The van der Waals surface area contributed by atoms with Gasteiger partial charge in [0.2, 0.25) is 0 Å². The molecule has 1 amide bonds. The van der Waals surface area contributed by atoms with Crippen molar-refractivity contribution in [1.82, 2.24) is 5.32 Å². The Morgan fingerprint density at radius 1 is 1.00 bits per heavy atom. The number of carboxylic acids is 1. The van der Waals surface area contributed by atoms with Crippen LogP contribution in [0.2, 0.25) is 0 Å². The smallest absolute Gasteiger partial charge is 0.408 e. The van der Waals surface area contributed by atoms with Crippen LogP contribution in [-0.2, 0) is 22.4 Å². The van der Waals surface area contributed by atoms with Crippen molar-refractivity contribution in [3.63, 3.8) is 0 Å². The van der Waals surface area contributed by atoms with E-state index in [-0.39, 0.29) is 18.9 Å². The predicted octanol–water partition coefficient (Wildman–Crippen LogP) is 5.30. The van der Waals surface area contributed by atoms with Crippen LogP contribution in [0.5, 0.6) is 0 Å². The van der Waals surface area contributed by atoms with Crippen molar-refractivity contribution >= 4 is 28.0 Å². The highest BCUT2D eigenvalue weighted by molar-refractivity contribution is 9.10. The molecule has 162 valence electrons. The number of alkyl carbamates (subject to hydrolysis) is 1. The zero-order chi connectivity index (χ0) is 22.3. The third-order valence-corrected chi connectivity index (χ3v) is 7.35. The lowest BCUT2D eigenvalue weighted by Gasteiger charge is -2.35. The molecule has 2 N–H and O–H groups in total. The van der Waals surface area contributed by atoms with Gasteiger partial charge >= 0.3 is 12.1 Å². The van der Waals surface area contributed by atoms with Gasteiger partial charge in [0.1, 0.15) is 12.1 Å². The number of carbonyl (C=O) groups excluding carboxylic acids is 1. The molecule has 0 aliphatic heterocycles. The maximum atomic E-state index is 12.8. The van der Waals surface area contributed by atoms with Crippen LogP contribution in [0.1, 0.15) is 34.6 Å². The van der Waals surface area contributed by atoms with Crippen LogP contribution in [0.25, 0.3) is 11.1 Å². The van der Waals surface area contributed by atoms with Gasteiger partial charge < -0.3 is 15.2 Å². The Bertz CT molecular complexity index is 1180. The summed E-state index contributed by atoms with van der Waals surface area (Å²) in [5.41, 5.74) is 5.17. The number of carboxylic acid groups (broad SMARTS) is 1. The molecular weight excluding hydrogens is 470 g/mol. The van der Waals surface area contributed by atoms with E-state index >= 15 is 0 Å². The first-order valence-corrected chi connectivity index (χ1v) is 11.4. The van der Waals surface area contributed by atoms with Crippen molar-refractivity contribution < 1.29 is 19.4 Å². The minimum absolute atomic E-state index is 0.0723. The van der Waals surface area contributed by atoms with Crippen LogP contribution >= 0.6 is 15.9 Å². The number of carbonyl (C=O) groups is 2. The fourth-order valence-electron chi connectivity index (χ4n) is 4.97. The van der Waals surface area contributed by atoms with E-state index in [1.165, 1.54) is 0 Å². The maximum Gasteiger partial charge on any atom is 0.408 e. The van der Waals surface area contributed by atoms with E-state index in [0.717, 1.165) is 37.9 Å². The second-order valence-corrected chi connectivity index (χ2v) is 9.25. The molecule has 0 fully saturated rings. The van der Waals surface area contributed by atoms with Crippen molar-refractivity contribution in [3.05, 3.63) is 93.5 Å². The molecule has 0 spiro atoms. The second kappa shape index (κ2) is 8.10. The van der Waals surface area contributed by atoms with Gasteiger partial charge in [-0.1, -0.05) is 76.6 Å². The summed E-state index contributed by atoms with van der Waals surface area (Å²) >= 11 is 3.54. The number of halogens is 1. The molecule has 2 aliphatic rings. The quantitative estimate of drug-likeness (QED) is 0.519. The third-order valence-electron chi connectivity index (χ3n) is 6.60. The van der Waals surface area contributed by atoms with E-state index in [1.54, 1.807) is 0 Å². The highest BCUT2D eigenvalue weighted by Crippen LogP contribution is 2.44. The first-order valence-electron chi connectivity index (χ1n) is 10.6. The standard InChI is InChI=1S/C26H22BrNO4/c27-23-11-5-6-16-14-26(24(29)30,13-12-17(16)23)28-25(31)32-15-22-20-9-3-1-7-18(20)19-8-2-4-10-21(19)22/h1-11,22H,12-15H2,(H,28,31)(H,29,30)/t26-/m0/s1. The molecule has 0 heterocycles. The zero-order valence-electron chi connectivity index (χ0n) is 17.3. The van der Waals surface area contributed by atoms with Gasteiger partial charge in [0.05, 0.1) is 0 Å². The average molecular weight is 492 g/mol. The lowest BCUT2D eigenvalue weighted by atomic mass is 9.78. The predicted molar refractivity (Wildman–Crippen MR) is 125 cm³/mol. The summed E-state index contributed by atoms with van der Waals surface area (Å²) in [6, 6.07) is 22.0. The minimum Gasteiger partial charge on any atom is -0.479 e. The van der Waals surface area contributed by atoms with E-state index in [1.807, 2.05) is 42.5 Å². The monoisotopic (exact) mass is 491 g/mol. The van der Waals surface area contributed by atoms with Crippen LogP contribution in [-0.4, -0.2) is 29.3 Å². The molecule has 0 saturated carbocycles. The summed E-state index contributed by atoms with van der Waals surface area (Å²) in [5.74, 6) is -1.12. The maximum absolute atomic E-state index is 12.8. The molecule has 5 nitrogen and oxygen atoms in total. The normalized spacial score (nSPS) is 18.9. The number of hydrogen-bond donors (Lipinski definition) is 2. The topological polar surface area (TPSA) is 75.6 Å². The first-order chi connectivity index (χ1) is 15.5. The van der Waals surface area contributed by atoms with Crippen LogP contribution in [0.4, 0.5) is 4.79 Å². The number of rotatable bonds is 4. The van der Waals surface area contributed by atoms with Crippen LogP contribution < -0.4 is 5.32 Å². The van der Waals surface area contributed by atoms with E-state index in [0.29, 0.717) is 12.8 Å². The molecule has 5 rings (SSSR count). The van der Waals surface area contributed by atoms with Gasteiger partial charge in [-0.2, -0.15) is 0 Å². The lowest BCUT2D eigenvalue weighted by molar-refractivity contribution is -0.145. The average Bonchev–Trinajstić information content (AvgIpc) is 3.11. The number of benzene rings is 3. The first kappa shape index (κ1) is 20.8. The Morgan fingerprint density at radius 3 is 2.31 bits per heavy atom. The van der Waals surface area contributed by atoms with Gasteiger partial charge in [-0.15, -0.1) is 0 Å². The second-order valence-electron chi connectivity index (χ2n) is 8.39. The van der Waals surface area contributed by atoms with E-state index in [2.05, 4.69) is 45.5 Å². The van der Waals surface area contributed by atoms with Gasteiger partial charge in [0.25, 0.3) is 0 Å². The number of ether oxygens (including phenoxy) is 1. The van der Waals surface area contributed by atoms with Crippen molar-refractivity contribution in [3.8, 4) is 11.1 Å². The molecule has 0 saturated heterocycles. The largest absolute Gasteiger partial charge is 0.479 e. The minimum atomic E-state index is -1.38. The van der Waals surface area contributed by atoms with Crippen LogP contribution in [0.15, 0.2) is 71.2 Å². The van der Waals surface area contributed by atoms with Crippen molar-refractivity contribution in [2.75, 3.05) is 6.61 Å². The highest BCUT2D eigenvalue weighted by Gasteiger charge is 2.44. The molecule has 6 heteroatoms. The van der Waals surface area contributed by atoms with Gasteiger partial charge in [-0.25, -0.2) is 9.59 Å². The number of fused-ring (bicyclic) bond motifs is 4. The molecule has 0 unspecified atom stereocenters. The van der Waals surface area contributed by atoms with E-state index in [4.69, 9.17) is 4.74 Å². The Kier molecular flexibility index (Phi) is 5.25. The molecule has 1 atom stereocenters. The number of amides is 1. The van der Waals surface area contributed by atoms with Gasteiger partial charge in [-0.05, 0) is 52.3 Å². The van der Waals surface area contributed by atoms with Gasteiger partial charge in [-0.3, -0.25) is 0 Å². The molecule has 0 radical (unpaired) electrons. The van der Waals surface area contributed by atoms with Crippen molar-refractivity contribution in [2.24, 2.45) is 0 Å². The molecule has 0 bridgehead atoms. The Morgan fingerprint density at radius 2 is 1.66 bits per heavy atom. The summed E-state index contributed by atoms with van der Waals surface area (Å²) < 4.78 is 6.57. The SMILES string of the molecule is O=C(N[C@@]1(C(=O)O)CCc2c(Br)cccc2C1)OCC1c2ccccc2-c2ccccc21. The summed E-state index contributed by atoms with van der Waals surface area (Å²) in [5, 5.41) is 12.7. The number of nitrogens with one attached hydrogen (secondary N) is 1. The van der Waals surface area contributed by atoms with Gasteiger partial charge in [0.15, 0.2) is 0 Å². The summed E-state index contributed by atoms with van der Waals surface area (Å²) in [6.45, 7) is 0.150. The Balaban J connectivity index is 1.33. The fraction of sp³-hybridized carbons (Fsp3) is 0.231. The van der Waals surface area contributed by atoms with E-state index in [9.17, 15) is 14.7 Å². The van der Waals surface area contributed by atoms with E-state index < -0.39 is 17.6 Å². The molecule has 2 aliphatic carbocycles.